The van der Waals surface area contributed by atoms with Gasteiger partial charge in [-0.2, -0.15) is 0 Å². The van der Waals surface area contributed by atoms with Gasteiger partial charge in [0.2, 0.25) is 11.8 Å². The van der Waals surface area contributed by atoms with E-state index in [0.717, 1.165) is 26.6 Å². The molecule has 0 radical (unpaired) electrons. The second-order valence-corrected chi connectivity index (χ2v) is 11.4. The molecular weight excluding hydrogens is 498 g/mol. The summed E-state index contributed by atoms with van der Waals surface area (Å²) < 4.78 is 28.9. The van der Waals surface area contributed by atoms with Crippen molar-refractivity contribution in [2.24, 2.45) is 0 Å². The van der Waals surface area contributed by atoms with Crippen LogP contribution >= 0.6 is 0 Å². The SMILES string of the molecule is CCNC(=O)C(CC)N(Cc1ccc(C)cc1)C(=O)CN(c1cccc(C)c1)S(=O)(=O)c1ccc(C)cc1. The van der Waals surface area contributed by atoms with Gasteiger partial charge in [-0.05, 0) is 69.5 Å². The van der Waals surface area contributed by atoms with Crippen molar-refractivity contribution in [3.8, 4) is 0 Å². The molecule has 0 heterocycles. The lowest BCUT2D eigenvalue weighted by Crippen LogP contribution is -2.52. The molecule has 1 atom stereocenters. The number of rotatable bonds is 11. The highest BCUT2D eigenvalue weighted by molar-refractivity contribution is 7.92. The zero-order valence-electron chi connectivity index (χ0n) is 22.8. The summed E-state index contributed by atoms with van der Waals surface area (Å²) in [5.41, 5.74) is 4.12. The van der Waals surface area contributed by atoms with Gasteiger partial charge in [-0.1, -0.05) is 66.6 Å². The minimum atomic E-state index is -4.07. The first-order valence-electron chi connectivity index (χ1n) is 12.9. The van der Waals surface area contributed by atoms with E-state index in [4.69, 9.17) is 0 Å². The predicted octanol–water partition coefficient (Wildman–Crippen LogP) is 4.75. The van der Waals surface area contributed by atoms with Crippen LogP contribution in [0.25, 0.3) is 0 Å². The Labute approximate surface area is 226 Å². The zero-order valence-corrected chi connectivity index (χ0v) is 23.6. The number of hydrogen-bond donors (Lipinski definition) is 1. The van der Waals surface area contributed by atoms with E-state index in [1.807, 2.05) is 65.0 Å². The van der Waals surface area contributed by atoms with Gasteiger partial charge in [-0.25, -0.2) is 8.42 Å². The quantitative estimate of drug-likeness (QED) is 0.384. The van der Waals surface area contributed by atoms with Crippen LogP contribution in [0.3, 0.4) is 0 Å². The fraction of sp³-hybridized carbons (Fsp3) is 0.333. The van der Waals surface area contributed by atoms with Gasteiger partial charge in [0.25, 0.3) is 10.0 Å². The summed E-state index contributed by atoms with van der Waals surface area (Å²) in [4.78, 5) is 28.5. The molecule has 3 rings (SSSR count). The lowest BCUT2D eigenvalue weighted by molar-refractivity contribution is -0.140. The number of sulfonamides is 1. The Bertz CT molecular complexity index is 1350. The maximum atomic E-state index is 14.0. The van der Waals surface area contributed by atoms with Crippen molar-refractivity contribution >= 4 is 27.5 Å². The maximum Gasteiger partial charge on any atom is 0.264 e. The second kappa shape index (κ2) is 12.7. The zero-order chi connectivity index (χ0) is 27.9. The van der Waals surface area contributed by atoms with Crippen LogP contribution in [0.2, 0.25) is 0 Å². The molecule has 0 spiro atoms. The van der Waals surface area contributed by atoms with Crippen molar-refractivity contribution in [1.82, 2.24) is 10.2 Å². The van der Waals surface area contributed by atoms with Gasteiger partial charge in [-0.15, -0.1) is 0 Å². The fourth-order valence-electron chi connectivity index (χ4n) is 4.25. The second-order valence-electron chi connectivity index (χ2n) is 9.49. The number of carbonyl (C=O) groups excluding carboxylic acids is 2. The molecule has 8 heteroatoms. The number of nitrogens with one attached hydrogen (secondary N) is 1. The molecule has 0 saturated heterocycles. The third-order valence-electron chi connectivity index (χ3n) is 6.39. The fourth-order valence-corrected chi connectivity index (χ4v) is 5.66. The van der Waals surface area contributed by atoms with Crippen molar-refractivity contribution in [2.75, 3.05) is 17.4 Å². The first-order chi connectivity index (χ1) is 18.1. The maximum absolute atomic E-state index is 14.0. The molecular formula is C30H37N3O4S. The molecule has 1 unspecified atom stereocenters. The highest BCUT2D eigenvalue weighted by atomic mass is 32.2. The molecule has 0 saturated carbocycles. The topological polar surface area (TPSA) is 86.8 Å². The minimum Gasteiger partial charge on any atom is -0.355 e. The molecule has 202 valence electrons. The molecule has 1 N–H and O–H groups in total. The average molecular weight is 536 g/mol. The first kappa shape index (κ1) is 28.9. The molecule has 3 aromatic rings. The molecule has 7 nitrogen and oxygen atoms in total. The molecule has 0 bridgehead atoms. The number of hydrogen-bond acceptors (Lipinski definition) is 4. The van der Waals surface area contributed by atoms with E-state index < -0.39 is 28.5 Å². The van der Waals surface area contributed by atoms with E-state index in [-0.39, 0.29) is 17.3 Å². The number of amides is 2. The van der Waals surface area contributed by atoms with Crippen LogP contribution in [0.15, 0.2) is 77.7 Å². The molecule has 0 aromatic heterocycles. The molecule has 0 aliphatic heterocycles. The van der Waals surface area contributed by atoms with Gasteiger partial charge in [0, 0.05) is 13.1 Å². The van der Waals surface area contributed by atoms with E-state index >= 15 is 0 Å². The highest BCUT2D eigenvalue weighted by Gasteiger charge is 2.33. The van der Waals surface area contributed by atoms with Gasteiger partial charge in [0.1, 0.15) is 12.6 Å². The summed E-state index contributed by atoms with van der Waals surface area (Å²) in [6.07, 6.45) is 0.387. The third-order valence-corrected chi connectivity index (χ3v) is 8.18. The Morgan fingerprint density at radius 1 is 0.842 bits per heavy atom. The van der Waals surface area contributed by atoms with Crippen molar-refractivity contribution in [1.29, 1.82) is 0 Å². The number of anilines is 1. The largest absolute Gasteiger partial charge is 0.355 e. The number of likely N-dealkylation sites (N-methyl/N-ethyl adjacent to an activating group) is 1. The third kappa shape index (κ3) is 7.01. The van der Waals surface area contributed by atoms with Crippen LogP contribution in [-0.2, 0) is 26.2 Å². The number of nitrogens with zero attached hydrogens (tertiary/aromatic N) is 2. The molecule has 0 aliphatic carbocycles. The van der Waals surface area contributed by atoms with Crippen LogP contribution in [0.4, 0.5) is 5.69 Å². The normalized spacial score (nSPS) is 12.0. The van der Waals surface area contributed by atoms with E-state index in [1.54, 1.807) is 42.5 Å². The van der Waals surface area contributed by atoms with E-state index in [9.17, 15) is 18.0 Å². The van der Waals surface area contributed by atoms with E-state index in [1.165, 1.54) is 4.90 Å². The van der Waals surface area contributed by atoms with Crippen LogP contribution in [0.1, 0.15) is 42.5 Å². The Morgan fingerprint density at radius 2 is 1.45 bits per heavy atom. The van der Waals surface area contributed by atoms with Gasteiger partial charge >= 0.3 is 0 Å². The van der Waals surface area contributed by atoms with Crippen molar-refractivity contribution < 1.29 is 18.0 Å². The highest BCUT2D eigenvalue weighted by Crippen LogP contribution is 2.26. The lowest BCUT2D eigenvalue weighted by atomic mass is 10.1. The summed E-state index contributed by atoms with van der Waals surface area (Å²) >= 11 is 0. The van der Waals surface area contributed by atoms with E-state index in [0.29, 0.717) is 18.7 Å². The van der Waals surface area contributed by atoms with Crippen molar-refractivity contribution in [3.63, 3.8) is 0 Å². The molecule has 2 amide bonds. The summed E-state index contributed by atoms with van der Waals surface area (Å²) in [6, 6.07) is 20.6. The lowest BCUT2D eigenvalue weighted by Gasteiger charge is -2.33. The molecule has 0 fully saturated rings. The van der Waals surface area contributed by atoms with Crippen molar-refractivity contribution in [2.45, 2.75) is 58.5 Å². The Kier molecular flexibility index (Phi) is 9.69. The number of carbonyl (C=O) groups is 2. The monoisotopic (exact) mass is 535 g/mol. The molecule has 38 heavy (non-hydrogen) atoms. The van der Waals surface area contributed by atoms with Crippen molar-refractivity contribution in [3.05, 3.63) is 95.1 Å². The molecule has 3 aromatic carbocycles. The summed E-state index contributed by atoms with van der Waals surface area (Å²) in [5.74, 6) is -0.722. The number of benzene rings is 3. The standard InChI is InChI=1S/C30H37N3O4S/c1-6-28(30(35)31-7-2)32(20-25-15-11-22(3)12-16-25)29(34)21-33(26-10-8-9-24(5)19-26)38(36,37)27-17-13-23(4)14-18-27/h8-19,28H,6-7,20-21H2,1-5H3,(H,31,35). The molecule has 0 aliphatic rings. The smallest absolute Gasteiger partial charge is 0.264 e. The van der Waals surface area contributed by atoms with Crippen LogP contribution in [0, 0.1) is 20.8 Å². The predicted molar refractivity (Wildman–Crippen MR) is 151 cm³/mol. The van der Waals surface area contributed by atoms with Gasteiger partial charge in [0.05, 0.1) is 10.6 Å². The Balaban J connectivity index is 2.05. The average Bonchev–Trinajstić information content (AvgIpc) is 2.88. The summed E-state index contributed by atoms with van der Waals surface area (Å²) in [6.45, 7) is 9.57. The van der Waals surface area contributed by atoms with E-state index in [2.05, 4.69) is 5.32 Å². The van der Waals surface area contributed by atoms with Crippen LogP contribution in [-0.4, -0.2) is 44.3 Å². The first-order valence-corrected chi connectivity index (χ1v) is 14.3. The van der Waals surface area contributed by atoms with Gasteiger partial charge in [0.15, 0.2) is 0 Å². The minimum absolute atomic E-state index is 0.0956. The Hall–Kier alpha value is -3.65. The van der Waals surface area contributed by atoms with Gasteiger partial charge in [-0.3, -0.25) is 13.9 Å². The summed E-state index contributed by atoms with van der Waals surface area (Å²) in [7, 11) is -4.07. The Morgan fingerprint density at radius 3 is 2.00 bits per heavy atom. The van der Waals surface area contributed by atoms with Crippen LogP contribution < -0.4 is 9.62 Å². The summed E-state index contributed by atoms with van der Waals surface area (Å²) in [5, 5.41) is 2.82. The van der Waals surface area contributed by atoms with Crippen LogP contribution in [0.5, 0.6) is 0 Å². The van der Waals surface area contributed by atoms with Gasteiger partial charge < -0.3 is 10.2 Å². The number of aryl methyl sites for hydroxylation is 3.